The van der Waals surface area contributed by atoms with E-state index in [1.54, 1.807) is 22.6 Å². The average molecular weight is 509 g/mol. The molecule has 0 aliphatic carbocycles. The molecule has 0 saturated carbocycles. The Kier molecular flexibility index (Phi) is 6.36. The molecule has 27 heavy (non-hydrogen) atoms. The van der Waals surface area contributed by atoms with Gasteiger partial charge in [-0.3, -0.25) is 20.2 Å². The number of nitrogens with zero attached hydrogens (tertiary/aromatic N) is 1. The van der Waals surface area contributed by atoms with Crippen LogP contribution in [0.3, 0.4) is 0 Å². The number of thiocarbonyl (C=S) groups is 1. The number of hydrogen-bond acceptors (Lipinski definition) is 4. The van der Waals surface area contributed by atoms with Gasteiger partial charge in [-0.1, -0.05) is 6.07 Å². The Bertz CT molecular complexity index is 935. The lowest BCUT2D eigenvalue weighted by Gasteiger charge is -2.16. The van der Waals surface area contributed by atoms with Crippen LogP contribution in [0.1, 0.15) is 21.5 Å². The van der Waals surface area contributed by atoms with E-state index in [0.29, 0.717) is 9.13 Å². The molecule has 0 fully saturated rings. The van der Waals surface area contributed by atoms with Gasteiger partial charge in [-0.2, -0.15) is 13.2 Å². The van der Waals surface area contributed by atoms with Gasteiger partial charge in [0.15, 0.2) is 5.11 Å². The molecule has 11 heteroatoms. The summed E-state index contributed by atoms with van der Waals surface area (Å²) in [5.74, 6) is -0.783. The molecule has 0 atom stereocenters. The molecule has 2 rings (SSSR count). The third-order valence-electron chi connectivity index (χ3n) is 3.43. The second-order valence-corrected chi connectivity index (χ2v) is 7.01. The number of rotatable bonds is 3. The van der Waals surface area contributed by atoms with Gasteiger partial charge in [0.05, 0.1) is 16.2 Å². The maximum absolute atomic E-state index is 13.1. The van der Waals surface area contributed by atoms with Crippen molar-refractivity contribution in [2.45, 2.75) is 13.1 Å². The van der Waals surface area contributed by atoms with Crippen LogP contribution in [0.15, 0.2) is 36.4 Å². The van der Waals surface area contributed by atoms with E-state index in [2.05, 4.69) is 10.6 Å². The molecule has 0 radical (unpaired) electrons. The van der Waals surface area contributed by atoms with Crippen molar-refractivity contribution < 1.29 is 22.9 Å². The third-order valence-corrected chi connectivity index (χ3v) is 4.31. The van der Waals surface area contributed by atoms with Crippen LogP contribution in [-0.2, 0) is 6.18 Å². The van der Waals surface area contributed by atoms with Crippen LogP contribution in [0.2, 0.25) is 0 Å². The first kappa shape index (κ1) is 21.0. The van der Waals surface area contributed by atoms with Crippen LogP contribution >= 0.6 is 34.8 Å². The Labute approximate surface area is 170 Å². The van der Waals surface area contributed by atoms with Crippen LogP contribution in [-0.4, -0.2) is 15.9 Å². The first-order chi connectivity index (χ1) is 12.5. The van der Waals surface area contributed by atoms with E-state index >= 15 is 0 Å². The first-order valence-electron chi connectivity index (χ1n) is 7.23. The summed E-state index contributed by atoms with van der Waals surface area (Å²) in [6, 6.07) is 7.40. The van der Waals surface area contributed by atoms with E-state index in [9.17, 15) is 28.1 Å². The van der Waals surface area contributed by atoms with Crippen LogP contribution in [0.5, 0.6) is 0 Å². The highest BCUT2D eigenvalue weighted by Gasteiger charge is 2.34. The second kappa shape index (κ2) is 8.17. The van der Waals surface area contributed by atoms with E-state index < -0.39 is 22.6 Å². The van der Waals surface area contributed by atoms with Gasteiger partial charge in [0.1, 0.15) is 0 Å². The number of amides is 1. The minimum absolute atomic E-state index is 0.0462. The number of hydrogen-bond donors (Lipinski definition) is 2. The highest BCUT2D eigenvalue weighted by atomic mass is 127. The Morgan fingerprint density at radius 1 is 1.22 bits per heavy atom. The van der Waals surface area contributed by atoms with Gasteiger partial charge in [-0.15, -0.1) is 0 Å². The van der Waals surface area contributed by atoms with Gasteiger partial charge in [-0.05, 0) is 66.0 Å². The Morgan fingerprint density at radius 2 is 1.89 bits per heavy atom. The monoisotopic (exact) mass is 509 g/mol. The minimum Gasteiger partial charge on any atom is -0.332 e. The summed E-state index contributed by atoms with van der Waals surface area (Å²) in [6.45, 7) is 1.52. The molecule has 142 valence electrons. The van der Waals surface area contributed by atoms with E-state index in [0.717, 1.165) is 12.1 Å². The second-order valence-electron chi connectivity index (χ2n) is 5.35. The van der Waals surface area contributed by atoms with Gasteiger partial charge in [0.2, 0.25) is 0 Å². The summed E-state index contributed by atoms with van der Waals surface area (Å²) in [5, 5.41) is 15.1. The molecular weight excluding hydrogens is 498 g/mol. The maximum Gasteiger partial charge on any atom is 0.418 e. The summed E-state index contributed by atoms with van der Waals surface area (Å²) in [4.78, 5) is 22.5. The summed E-state index contributed by atoms with van der Waals surface area (Å²) >= 11 is 6.64. The number of benzene rings is 2. The van der Waals surface area contributed by atoms with E-state index in [-0.39, 0.29) is 22.1 Å². The fraction of sp³-hybridized carbons (Fsp3) is 0.125. The normalized spacial score (nSPS) is 11.0. The van der Waals surface area contributed by atoms with E-state index in [1.165, 1.54) is 31.2 Å². The zero-order chi connectivity index (χ0) is 20.4. The molecule has 0 aliphatic rings. The molecule has 0 heterocycles. The number of carbonyl (C=O) groups is 1. The number of nitro benzene ring substituents is 1. The van der Waals surface area contributed by atoms with Gasteiger partial charge in [0, 0.05) is 20.8 Å². The predicted molar refractivity (Wildman–Crippen MR) is 106 cm³/mol. The van der Waals surface area contributed by atoms with Crippen LogP contribution in [0.25, 0.3) is 0 Å². The number of carbonyl (C=O) groups excluding carboxylic acids is 1. The molecular formula is C16H11F3IN3O3S. The van der Waals surface area contributed by atoms with Crippen molar-refractivity contribution in [1.29, 1.82) is 0 Å². The summed E-state index contributed by atoms with van der Waals surface area (Å²) in [6.07, 6.45) is -4.61. The average Bonchev–Trinajstić information content (AvgIpc) is 2.55. The molecule has 6 nitrogen and oxygen atoms in total. The van der Waals surface area contributed by atoms with Crippen molar-refractivity contribution in [2.24, 2.45) is 0 Å². The van der Waals surface area contributed by atoms with Crippen molar-refractivity contribution >= 4 is 57.2 Å². The Balaban J connectivity index is 2.18. The maximum atomic E-state index is 13.1. The minimum atomic E-state index is -4.61. The molecule has 0 aliphatic heterocycles. The Hall–Kier alpha value is -2.28. The number of halogens is 4. The van der Waals surface area contributed by atoms with Gasteiger partial charge >= 0.3 is 6.18 Å². The van der Waals surface area contributed by atoms with Crippen LogP contribution in [0, 0.1) is 20.6 Å². The zero-order valence-electron chi connectivity index (χ0n) is 13.6. The number of anilines is 1. The van der Waals surface area contributed by atoms with Crippen molar-refractivity contribution in [3.05, 3.63) is 66.8 Å². The zero-order valence-corrected chi connectivity index (χ0v) is 16.5. The molecule has 0 bridgehead atoms. The summed E-state index contributed by atoms with van der Waals surface area (Å²) in [7, 11) is 0. The molecule has 0 aromatic heterocycles. The smallest absolute Gasteiger partial charge is 0.332 e. The number of aryl methyl sites for hydroxylation is 1. The van der Waals surface area contributed by atoms with Crippen molar-refractivity contribution in [3.63, 3.8) is 0 Å². The van der Waals surface area contributed by atoms with Crippen LogP contribution in [0.4, 0.5) is 24.5 Å². The van der Waals surface area contributed by atoms with Gasteiger partial charge < -0.3 is 5.32 Å². The van der Waals surface area contributed by atoms with Crippen molar-refractivity contribution in [2.75, 3.05) is 5.32 Å². The van der Waals surface area contributed by atoms with Crippen molar-refractivity contribution in [1.82, 2.24) is 5.32 Å². The Morgan fingerprint density at radius 3 is 2.48 bits per heavy atom. The largest absolute Gasteiger partial charge is 0.418 e. The summed E-state index contributed by atoms with van der Waals surface area (Å²) in [5.41, 5.74) is -1.18. The van der Waals surface area contributed by atoms with Crippen molar-refractivity contribution in [3.8, 4) is 0 Å². The van der Waals surface area contributed by atoms with Gasteiger partial charge in [-0.25, -0.2) is 0 Å². The fourth-order valence-corrected chi connectivity index (χ4v) is 2.83. The third kappa shape index (κ3) is 5.35. The highest BCUT2D eigenvalue weighted by molar-refractivity contribution is 14.1. The molecule has 2 N–H and O–H groups in total. The lowest BCUT2D eigenvalue weighted by atomic mass is 10.1. The quantitative estimate of drug-likeness (QED) is 0.273. The molecule has 0 saturated heterocycles. The molecule has 2 aromatic rings. The lowest BCUT2D eigenvalue weighted by molar-refractivity contribution is -0.385. The van der Waals surface area contributed by atoms with Crippen LogP contribution < -0.4 is 10.6 Å². The first-order valence-corrected chi connectivity index (χ1v) is 8.72. The molecule has 2 aromatic carbocycles. The standard InChI is InChI=1S/C16H11F3IN3O3S/c1-8-2-3-9(6-13(8)23(25)26)14(24)22-15(27)21-12-5-4-10(20)7-11(12)16(17,18)19/h2-7H,1H3,(H2,21,22,24,27). The lowest BCUT2D eigenvalue weighted by Crippen LogP contribution is -2.34. The predicted octanol–water partition coefficient (Wildman–Crippen LogP) is 4.65. The highest BCUT2D eigenvalue weighted by Crippen LogP contribution is 2.35. The SMILES string of the molecule is Cc1ccc(C(=O)NC(=S)Nc2ccc(I)cc2C(F)(F)F)cc1[N+](=O)[O-]. The van der Waals surface area contributed by atoms with Gasteiger partial charge in [0.25, 0.3) is 11.6 Å². The molecule has 0 spiro atoms. The summed E-state index contributed by atoms with van der Waals surface area (Å²) < 4.78 is 39.8. The number of alkyl halides is 3. The number of nitrogens with one attached hydrogen (secondary N) is 2. The molecule has 1 amide bonds. The fourth-order valence-electron chi connectivity index (χ4n) is 2.14. The van der Waals surface area contributed by atoms with E-state index in [4.69, 9.17) is 12.2 Å². The topological polar surface area (TPSA) is 84.3 Å². The number of nitro groups is 1. The molecule has 0 unspecified atom stereocenters. The van der Waals surface area contributed by atoms with E-state index in [1.807, 2.05) is 0 Å².